The Kier molecular flexibility index (Phi) is 5.91. The van der Waals surface area contributed by atoms with E-state index in [1.54, 1.807) is 17.6 Å². The van der Waals surface area contributed by atoms with Gasteiger partial charge in [0.2, 0.25) is 5.91 Å². The lowest BCUT2D eigenvalue weighted by Crippen LogP contribution is -2.36. The highest BCUT2D eigenvalue weighted by molar-refractivity contribution is 5.93. The SMILES string of the molecule is CC(C)C(C(=O)NC1CCCc2cc(C(=O)NO)ccc21)c1ccccc1. The summed E-state index contributed by atoms with van der Waals surface area (Å²) < 4.78 is 0. The molecular formula is C22H26N2O3. The maximum absolute atomic E-state index is 13.1. The number of amides is 2. The third kappa shape index (κ3) is 4.19. The van der Waals surface area contributed by atoms with E-state index in [2.05, 4.69) is 19.2 Å². The van der Waals surface area contributed by atoms with Gasteiger partial charge in [-0.25, -0.2) is 5.48 Å². The van der Waals surface area contributed by atoms with Crippen LogP contribution in [0.15, 0.2) is 48.5 Å². The van der Waals surface area contributed by atoms with Crippen LogP contribution in [0.2, 0.25) is 0 Å². The van der Waals surface area contributed by atoms with Gasteiger partial charge in [-0.3, -0.25) is 14.8 Å². The summed E-state index contributed by atoms with van der Waals surface area (Å²) >= 11 is 0. The third-order valence-corrected chi connectivity index (χ3v) is 5.25. The molecule has 1 aliphatic rings. The summed E-state index contributed by atoms with van der Waals surface area (Å²) in [4.78, 5) is 24.7. The Balaban J connectivity index is 1.82. The lowest BCUT2D eigenvalue weighted by molar-refractivity contribution is -0.124. The topological polar surface area (TPSA) is 78.4 Å². The first-order valence-electron chi connectivity index (χ1n) is 9.44. The number of benzene rings is 2. The highest BCUT2D eigenvalue weighted by Gasteiger charge is 2.28. The molecule has 0 heterocycles. The lowest BCUT2D eigenvalue weighted by atomic mass is 9.84. The van der Waals surface area contributed by atoms with Crippen LogP contribution in [-0.2, 0) is 11.2 Å². The van der Waals surface area contributed by atoms with Gasteiger partial charge < -0.3 is 5.32 Å². The molecule has 142 valence electrons. The molecule has 0 bridgehead atoms. The highest BCUT2D eigenvalue weighted by Crippen LogP contribution is 2.32. The molecule has 5 nitrogen and oxygen atoms in total. The van der Waals surface area contributed by atoms with Crippen molar-refractivity contribution >= 4 is 11.8 Å². The molecule has 5 heteroatoms. The molecule has 3 rings (SSSR count). The van der Waals surface area contributed by atoms with Crippen molar-refractivity contribution in [3.05, 3.63) is 70.8 Å². The van der Waals surface area contributed by atoms with Crippen LogP contribution in [0.1, 0.15) is 65.7 Å². The van der Waals surface area contributed by atoms with Crippen LogP contribution in [0.25, 0.3) is 0 Å². The Morgan fingerprint density at radius 2 is 1.85 bits per heavy atom. The Bertz CT molecular complexity index is 818. The van der Waals surface area contributed by atoms with E-state index in [9.17, 15) is 9.59 Å². The molecule has 27 heavy (non-hydrogen) atoms. The van der Waals surface area contributed by atoms with Crippen LogP contribution in [0, 0.1) is 5.92 Å². The molecular weight excluding hydrogens is 340 g/mol. The fraction of sp³-hybridized carbons (Fsp3) is 0.364. The van der Waals surface area contributed by atoms with Gasteiger partial charge in [-0.1, -0.05) is 50.2 Å². The molecule has 0 saturated heterocycles. The predicted octanol–water partition coefficient (Wildman–Crippen LogP) is 3.74. The van der Waals surface area contributed by atoms with Gasteiger partial charge in [0.25, 0.3) is 5.91 Å². The lowest BCUT2D eigenvalue weighted by Gasteiger charge is -2.29. The first kappa shape index (κ1) is 19.1. The number of hydrogen-bond acceptors (Lipinski definition) is 3. The van der Waals surface area contributed by atoms with Crippen LogP contribution in [0.4, 0.5) is 0 Å². The zero-order valence-electron chi connectivity index (χ0n) is 15.7. The van der Waals surface area contributed by atoms with Crippen molar-refractivity contribution in [2.45, 2.75) is 45.1 Å². The minimum Gasteiger partial charge on any atom is -0.349 e. The van der Waals surface area contributed by atoms with Crippen molar-refractivity contribution in [2.75, 3.05) is 0 Å². The average Bonchev–Trinajstić information content (AvgIpc) is 2.67. The molecule has 0 saturated carbocycles. The van der Waals surface area contributed by atoms with Gasteiger partial charge in [0, 0.05) is 5.56 Å². The fourth-order valence-electron chi connectivity index (χ4n) is 3.93. The second kappa shape index (κ2) is 8.35. The zero-order valence-corrected chi connectivity index (χ0v) is 15.7. The smallest absolute Gasteiger partial charge is 0.274 e. The van der Waals surface area contributed by atoms with Crippen molar-refractivity contribution in [3.8, 4) is 0 Å². The minimum absolute atomic E-state index is 0.0335. The number of hydrogen-bond donors (Lipinski definition) is 3. The number of rotatable bonds is 5. The predicted molar refractivity (Wildman–Crippen MR) is 104 cm³/mol. The van der Waals surface area contributed by atoms with E-state index in [0.29, 0.717) is 5.56 Å². The summed E-state index contributed by atoms with van der Waals surface area (Å²) in [6, 6.07) is 15.2. The van der Waals surface area contributed by atoms with Gasteiger partial charge in [-0.05, 0) is 54.0 Å². The zero-order chi connectivity index (χ0) is 19.4. The Morgan fingerprint density at radius 1 is 1.11 bits per heavy atom. The molecule has 0 fully saturated rings. The van der Waals surface area contributed by atoms with Crippen molar-refractivity contribution in [1.82, 2.24) is 10.8 Å². The summed E-state index contributed by atoms with van der Waals surface area (Å²) in [5, 5.41) is 12.1. The maximum atomic E-state index is 13.1. The largest absolute Gasteiger partial charge is 0.349 e. The monoisotopic (exact) mass is 366 g/mol. The molecule has 0 aromatic heterocycles. The van der Waals surface area contributed by atoms with Crippen molar-refractivity contribution in [3.63, 3.8) is 0 Å². The molecule has 1 aliphatic carbocycles. The van der Waals surface area contributed by atoms with Crippen LogP contribution in [0.3, 0.4) is 0 Å². The fourth-order valence-corrected chi connectivity index (χ4v) is 3.93. The molecule has 0 radical (unpaired) electrons. The number of fused-ring (bicyclic) bond motifs is 1. The van der Waals surface area contributed by atoms with E-state index >= 15 is 0 Å². The van der Waals surface area contributed by atoms with E-state index in [4.69, 9.17) is 5.21 Å². The summed E-state index contributed by atoms with van der Waals surface area (Å²) in [5.74, 6) is -0.499. The number of aryl methyl sites for hydroxylation is 1. The van der Waals surface area contributed by atoms with E-state index in [0.717, 1.165) is 36.0 Å². The summed E-state index contributed by atoms with van der Waals surface area (Å²) in [6.45, 7) is 4.12. The number of carbonyl (C=O) groups excluding carboxylic acids is 2. The van der Waals surface area contributed by atoms with Gasteiger partial charge in [-0.15, -0.1) is 0 Å². The molecule has 3 N–H and O–H groups in total. The molecule has 0 spiro atoms. The van der Waals surface area contributed by atoms with E-state index < -0.39 is 5.91 Å². The van der Waals surface area contributed by atoms with E-state index in [1.165, 1.54) is 0 Å². The van der Waals surface area contributed by atoms with Crippen molar-refractivity contribution < 1.29 is 14.8 Å². The molecule has 2 unspecified atom stereocenters. The van der Waals surface area contributed by atoms with Gasteiger partial charge in [-0.2, -0.15) is 0 Å². The van der Waals surface area contributed by atoms with Gasteiger partial charge in [0.15, 0.2) is 0 Å². The Morgan fingerprint density at radius 3 is 2.52 bits per heavy atom. The summed E-state index contributed by atoms with van der Waals surface area (Å²) in [6.07, 6.45) is 2.68. The van der Waals surface area contributed by atoms with Crippen LogP contribution >= 0.6 is 0 Å². The maximum Gasteiger partial charge on any atom is 0.274 e. The van der Waals surface area contributed by atoms with E-state index in [1.807, 2.05) is 36.4 Å². The van der Waals surface area contributed by atoms with Crippen LogP contribution in [-0.4, -0.2) is 17.0 Å². The first-order valence-corrected chi connectivity index (χ1v) is 9.44. The normalized spacial score (nSPS) is 17.1. The van der Waals surface area contributed by atoms with E-state index in [-0.39, 0.29) is 23.8 Å². The highest BCUT2D eigenvalue weighted by atomic mass is 16.5. The van der Waals surface area contributed by atoms with Gasteiger partial charge in [0.05, 0.1) is 12.0 Å². The third-order valence-electron chi connectivity index (χ3n) is 5.25. The molecule has 0 aliphatic heterocycles. The van der Waals surface area contributed by atoms with Gasteiger partial charge >= 0.3 is 0 Å². The number of nitrogens with one attached hydrogen (secondary N) is 2. The van der Waals surface area contributed by atoms with Crippen molar-refractivity contribution in [2.24, 2.45) is 5.92 Å². The minimum atomic E-state index is -0.520. The molecule has 2 aromatic carbocycles. The summed E-state index contributed by atoms with van der Waals surface area (Å²) in [5.41, 5.74) is 5.22. The number of hydroxylamine groups is 1. The molecule has 2 aromatic rings. The Labute approximate surface area is 159 Å². The summed E-state index contributed by atoms with van der Waals surface area (Å²) in [7, 11) is 0. The van der Waals surface area contributed by atoms with Crippen LogP contribution < -0.4 is 10.8 Å². The quantitative estimate of drug-likeness (QED) is 0.557. The Hall–Kier alpha value is -2.66. The van der Waals surface area contributed by atoms with Crippen molar-refractivity contribution in [1.29, 1.82) is 0 Å². The van der Waals surface area contributed by atoms with Gasteiger partial charge in [0.1, 0.15) is 0 Å². The first-order chi connectivity index (χ1) is 13.0. The average molecular weight is 366 g/mol. The number of carbonyl (C=O) groups is 2. The molecule has 2 amide bonds. The molecule has 2 atom stereocenters. The van der Waals surface area contributed by atoms with Crippen LogP contribution in [0.5, 0.6) is 0 Å². The second-order valence-corrected chi connectivity index (χ2v) is 7.44. The standard InChI is InChI=1S/C22H26N2O3/c1-14(2)20(15-7-4-3-5-8-15)22(26)23-19-10-6-9-16-13-17(21(25)24-27)11-12-18(16)19/h3-5,7-8,11-14,19-20,27H,6,9-10H2,1-2H3,(H,23,26)(H,24,25). The second-order valence-electron chi connectivity index (χ2n) is 7.44.